The lowest BCUT2D eigenvalue weighted by atomic mass is 9.87. The van der Waals surface area contributed by atoms with Crippen LogP contribution in [-0.2, 0) is 9.59 Å². The van der Waals surface area contributed by atoms with Gasteiger partial charge in [0.15, 0.2) is 6.61 Å². The third-order valence-electron chi connectivity index (χ3n) is 7.04. The van der Waals surface area contributed by atoms with E-state index in [-0.39, 0.29) is 18.1 Å². The predicted octanol–water partition coefficient (Wildman–Crippen LogP) is 5.35. The van der Waals surface area contributed by atoms with Crippen LogP contribution >= 0.6 is 11.6 Å². The summed E-state index contributed by atoms with van der Waals surface area (Å²) in [5, 5.41) is 8.83. The van der Waals surface area contributed by atoms with E-state index >= 15 is 0 Å². The molecule has 1 aromatic heterocycles. The smallest absolute Gasteiger partial charge is 0.484 e. The normalized spacial score (nSPS) is 19.4. The Labute approximate surface area is 228 Å². The average molecular weight is 565 g/mol. The highest BCUT2D eigenvalue weighted by Gasteiger charge is 2.43. The molecule has 5 rings (SSSR count). The number of carbonyl (C=O) groups excluding carboxylic acids is 1. The molecule has 3 heterocycles. The van der Waals surface area contributed by atoms with Crippen LogP contribution in [0.1, 0.15) is 32.1 Å². The fourth-order valence-corrected chi connectivity index (χ4v) is 5.40. The number of carboxylic acids is 1. The van der Waals surface area contributed by atoms with Crippen molar-refractivity contribution >= 4 is 40.2 Å². The molecule has 8 nitrogen and oxygen atoms in total. The van der Waals surface area contributed by atoms with E-state index in [0.29, 0.717) is 10.8 Å². The Kier molecular flexibility index (Phi) is 8.79. The summed E-state index contributed by atoms with van der Waals surface area (Å²) in [6.45, 7) is 2.52. The Morgan fingerprint density at radius 3 is 2.44 bits per heavy atom. The van der Waals surface area contributed by atoms with Gasteiger partial charge in [0.1, 0.15) is 17.9 Å². The third kappa shape index (κ3) is 6.89. The first-order chi connectivity index (χ1) is 18.6. The zero-order valence-corrected chi connectivity index (χ0v) is 21.8. The summed E-state index contributed by atoms with van der Waals surface area (Å²) >= 11 is 6.01. The number of fused-ring (bicyclic) bond motifs is 1. The quantitative estimate of drug-likeness (QED) is 0.456. The van der Waals surface area contributed by atoms with E-state index in [2.05, 4.69) is 16.0 Å². The van der Waals surface area contributed by atoms with Gasteiger partial charge in [-0.1, -0.05) is 29.8 Å². The standard InChI is InChI=1S/C25H27ClN4O2.C2HF3O2/c26-19-6-3-7-20(16-19)32-17-23(31)29-13-4-10-25(12-15-29)11-5-14-30(25)24-21-8-1-2-9-22(21)27-18-28-24;3-2(4,5)1(6)7/h1-3,6-9,16,18H,4-5,10-15,17H2;(H,6,7). The lowest BCUT2D eigenvalue weighted by Crippen LogP contribution is -2.45. The molecule has 0 saturated carbocycles. The molecular weight excluding hydrogens is 537 g/mol. The predicted molar refractivity (Wildman–Crippen MR) is 140 cm³/mol. The Bertz CT molecular complexity index is 1320. The van der Waals surface area contributed by atoms with Gasteiger partial charge in [-0.15, -0.1) is 0 Å². The van der Waals surface area contributed by atoms with Crippen molar-refractivity contribution in [1.82, 2.24) is 14.9 Å². The largest absolute Gasteiger partial charge is 0.490 e. The number of benzene rings is 2. The van der Waals surface area contributed by atoms with Gasteiger partial charge in [-0.25, -0.2) is 14.8 Å². The zero-order valence-electron chi connectivity index (χ0n) is 21.0. The summed E-state index contributed by atoms with van der Waals surface area (Å²) in [6.07, 6.45) is 1.83. The second kappa shape index (κ2) is 12.1. The number of alkyl halides is 3. The maximum absolute atomic E-state index is 12.9. The molecule has 0 radical (unpaired) electrons. The molecule has 1 spiro atoms. The van der Waals surface area contributed by atoms with E-state index < -0.39 is 12.1 Å². The topological polar surface area (TPSA) is 95.9 Å². The van der Waals surface area contributed by atoms with E-state index in [1.807, 2.05) is 35.2 Å². The highest BCUT2D eigenvalue weighted by atomic mass is 35.5. The van der Waals surface area contributed by atoms with Crippen LogP contribution in [0, 0.1) is 0 Å². The van der Waals surface area contributed by atoms with Gasteiger partial charge in [-0.05, 0) is 62.4 Å². The number of ether oxygens (including phenoxy) is 1. The summed E-state index contributed by atoms with van der Waals surface area (Å²) in [7, 11) is 0. The molecule has 2 aliphatic heterocycles. The highest BCUT2D eigenvalue weighted by Crippen LogP contribution is 2.42. The van der Waals surface area contributed by atoms with Gasteiger partial charge in [-0.3, -0.25) is 4.79 Å². The molecule has 1 atom stereocenters. The second-order valence-electron chi connectivity index (χ2n) is 9.48. The Morgan fingerprint density at radius 2 is 1.72 bits per heavy atom. The Balaban J connectivity index is 0.000000448. The number of hydrogen-bond donors (Lipinski definition) is 1. The molecule has 1 N–H and O–H groups in total. The molecule has 3 aromatic rings. The molecule has 2 fully saturated rings. The Morgan fingerprint density at radius 1 is 1.00 bits per heavy atom. The summed E-state index contributed by atoms with van der Waals surface area (Å²) in [5.41, 5.74) is 1.02. The molecule has 208 valence electrons. The second-order valence-corrected chi connectivity index (χ2v) is 9.91. The SMILES string of the molecule is O=C(COc1cccc(Cl)c1)N1CCCC2(CCCN2c2ncnc3ccccc23)CC1.O=C(O)C(F)(F)F. The van der Waals surface area contributed by atoms with Crippen molar-refractivity contribution in [1.29, 1.82) is 0 Å². The number of aromatic nitrogens is 2. The number of rotatable bonds is 4. The van der Waals surface area contributed by atoms with Crippen molar-refractivity contribution in [2.45, 2.75) is 43.8 Å². The van der Waals surface area contributed by atoms with E-state index in [1.165, 1.54) is 0 Å². The van der Waals surface area contributed by atoms with Crippen molar-refractivity contribution in [2.75, 3.05) is 31.1 Å². The molecule has 39 heavy (non-hydrogen) atoms. The molecule has 1 amide bonds. The highest BCUT2D eigenvalue weighted by molar-refractivity contribution is 6.30. The van der Waals surface area contributed by atoms with Gasteiger partial charge in [0, 0.05) is 35.6 Å². The average Bonchev–Trinajstić information content (AvgIpc) is 3.19. The minimum atomic E-state index is -5.08. The number of nitrogens with zero attached hydrogens (tertiary/aromatic N) is 4. The number of aliphatic carboxylic acids is 1. The van der Waals surface area contributed by atoms with Crippen LogP contribution in [0.2, 0.25) is 5.02 Å². The van der Waals surface area contributed by atoms with Crippen LogP contribution in [0.25, 0.3) is 10.9 Å². The van der Waals surface area contributed by atoms with Crippen molar-refractivity contribution in [3.8, 4) is 5.75 Å². The van der Waals surface area contributed by atoms with Gasteiger partial charge >= 0.3 is 12.1 Å². The summed E-state index contributed by atoms with van der Waals surface area (Å²) in [6, 6.07) is 15.4. The van der Waals surface area contributed by atoms with Crippen LogP contribution in [0.5, 0.6) is 5.75 Å². The summed E-state index contributed by atoms with van der Waals surface area (Å²) in [4.78, 5) is 35.3. The summed E-state index contributed by atoms with van der Waals surface area (Å²) < 4.78 is 37.4. The van der Waals surface area contributed by atoms with Gasteiger partial charge in [0.2, 0.25) is 0 Å². The lowest BCUT2D eigenvalue weighted by Gasteiger charge is -2.39. The number of hydrogen-bond acceptors (Lipinski definition) is 6. The van der Waals surface area contributed by atoms with Gasteiger partial charge in [-0.2, -0.15) is 13.2 Å². The monoisotopic (exact) mass is 564 g/mol. The molecule has 2 saturated heterocycles. The molecule has 0 aliphatic carbocycles. The van der Waals surface area contributed by atoms with E-state index in [1.54, 1.807) is 18.5 Å². The van der Waals surface area contributed by atoms with Gasteiger partial charge in [0.25, 0.3) is 5.91 Å². The van der Waals surface area contributed by atoms with E-state index in [9.17, 15) is 18.0 Å². The number of likely N-dealkylation sites (tertiary alicyclic amines) is 1. The molecule has 12 heteroatoms. The molecule has 1 unspecified atom stereocenters. The van der Waals surface area contributed by atoms with Crippen molar-refractivity contribution in [2.24, 2.45) is 0 Å². The third-order valence-corrected chi connectivity index (χ3v) is 7.28. The number of carbonyl (C=O) groups is 2. The lowest BCUT2D eigenvalue weighted by molar-refractivity contribution is -0.192. The van der Waals surface area contributed by atoms with Crippen LogP contribution < -0.4 is 9.64 Å². The zero-order chi connectivity index (χ0) is 28.0. The summed E-state index contributed by atoms with van der Waals surface area (Å²) in [5.74, 6) is -1.08. The Hall–Kier alpha value is -3.60. The number of amides is 1. The van der Waals surface area contributed by atoms with Crippen LogP contribution in [0.15, 0.2) is 54.9 Å². The van der Waals surface area contributed by atoms with Gasteiger partial charge in [0.05, 0.1) is 5.52 Å². The van der Waals surface area contributed by atoms with Crippen molar-refractivity contribution in [3.05, 3.63) is 59.9 Å². The number of halogens is 4. The van der Waals surface area contributed by atoms with Crippen molar-refractivity contribution in [3.63, 3.8) is 0 Å². The first-order valence-electron chi connectivity index (χ1n) is 12.5. The molecule has 2 aromatic carbocycles. The number of para-hydroxylation sites is 1. The molecule has 2 aliphatic rings. The number of carboxylic acid groups (broad SMARTS) is 1. The maximum Gasteiger partial charge on any atom is 0.490 e. The fraction of sp³-hybridized carbons (Fsp3) is 0.407. The van der Waals surface area contributed by atoms with E-state index in [0.717, 1.165) is 68.5 Å². The van der Waals surface area contributed by atoms with Crippen LogP contribution in [0.3, 0.4) is 0 Å². The van der Waals surface area contributed by atoms with Crippen LogP contribution in [-0.4, -0.2) is 69.8 Å². The van der Waals surface area contributed by atoms with Gasteiger partial charge < -0.3 is 19.6 Å². The van der Waals surface area contributed by atoms with Crippen molar-refractivity contribution < 1.29 is 32.6 Å². The molecule has 0 bridgehead atoms. The maximum atomic E-state index is 12.9. The first-order valence-corrected chi connectivity index (χ1v) is 12.9. The minimum Gasteiger partial charge on any atom is -0.484 e. The number of anilines is 1. The first kappa shape index (κ1) is 28.4. The van der Waals surface area contributed by atoms with Crippen LogP contribution in [0.4, 0.5) is 19.0 Å². The minimum absolute atomic E-state index is 0.0269. The molecular formula is C27H28ClF3N4O4. The van der Waals surface area contributed by atoms with E-state index in [4.69, 9.17) is 31.2 Å². The fourth-order valence-electron chi connectivity index (χ4n) is 5.22.